The molecule has 0 amide bonds. The number of hydrogen-bond acceptors (Lipinski definition) is 1. The Balaban J connectivity index is 2.52. The van der Waals surface area contributed by atoms with Gasteiger partial charge in [-0.2, -0.15) is 0 Å². The van der Waals surface area contributed by atoms with Crippen molar-refractivity contribution in [2.75, 3.05) is 0 Å². The van der Waals surface area contributed by atoms with E-state index in [1.54, 1.807) is 12.1 Å². The van der Waals surface area contributed by atoms with E-state index in [4.69, 9.17) is 12.2 Å². The number of benzene rings is 1. The van der Waals surface area contributed by atoms with E-state index in [2.05, 4.69) is 21.0 Å². The van der Waals surface area contributed by atoms with Gasteiger partial charge in [0.25, 0.3) is 6.43 Å². The Morgan fingerprint density at radius 2 is 2.06 bits per heavy atom. The van der Waals surface area contributed by atoms with Crippen LogP contribution in [0.3, 0.4) is 0 Å². The first-order chi connectivity index (χ1) is 7.58. The summed E-state index contributed by atoms with van der Waals surface area (Å²) in [4.78, 5) is 0. The lowest BCUT2D eigenvalue weighted by molar-refractivity contribution is 0.145. The van der Waals surface area contributed by atoms with Crippen LogP contribution in [0, 0.1) is 4.64 Å². The lowest BCUT2D eigenvalue weighted by Crippen LogP contribution is -1.97. The van der Waals surface area contributed by atoms with E-state index in [0.29, 0.717) is 10.3 Å². The molecule has 0 aliphatic rings. The number of nitrogens with one attached hydrogen (secondary N) is 1. The Morgan fingerprint density at radius 1 is 1.31 bits per heavy atom. The molecule has 0 aliphatic carbocycles. The first-order valence-electron chi connectivity index (χ1n) is 4.44. The van der Waals surface area contributed by atoms with Crippen LogP contribution in [0.2, 0.25) is 0 Å². The molecule has 0 saturated carbocycles. The quantitative estimate of drug-likeness (QED) is 0.823. The van der Waals surface area contributed by atoms with Crippen molar-refractivity contribution in [3.8, 4) is 5.69 Å². The molecule has 2 rings (SSSR count). The smallest absolute Gasteiger partial charge is 0.279 e. The zero-order valence-electron chi connectivity index (χ0n) is 7.95. The summed E-state index contributed by atoms with van der Waals surface area (Å²) in [5.74, 6) is 0. The second-order valence-corrected chi connectivity index (χ2v) is 4.50. The number of rotatable bonds is 2. The van der Waals surface area contributed by atoms with Crippen molar-refractivity contribution in [2.45, 2.75) is 6.43 Å². The fraction of sp³-hybridized carbons (Fsp3) is 0.100. The molecule has 2 nitrogen and oxygen atoms in total. The van der Waals surface area contributed by atoms with Gasteiger partial charge in [0.05, 0.1) is 5.69 Å². The van der Waals surface area contributed by atoms with Crippen molar-refractivity contribution >= 4 is 28.1 Å². The van der Waals surface area contributed by atoms with Gasteiger partial charge in [0.2, 0.25) is 0 Å². The molecule has 1 aromatic carbocycles. The Hall–Kier alpha value is -1.01. The van der Waals surface area contributed by atoms with Crippen LogP contribution in [0.1, 0.15) is 12.1 Å². The Kier molecular flexibility index (Phi) is 3.20. The van der Waals surface area contributed by atoms with Gasteiger partial charge in [0.1, 0.15) is 10.3 Å². The highest BCUT2D eigenvalue weighted by atomic mass is 79.9. The van der Waals surface area contributed by atoms with Crippen LogP contribution in [0.15, 0.2) is 34.8 Å². The van der Waals surface area contributed by atoms with Gasteiger partial charge in [-0.25, -0.2) is 13.5 Å². The van der Waals surface area contributed by atoms with Gasteiger partial charge < -0.3 is 0 Å². The maximum Gasteiger partial charge on any atom is 0.279 e. The number of H-pyrrole nitrogens is 1. The van der Waals surface area contributed by atoms with Crippen LogP contribution in [-0.2, 0) is 0 Å². The molecule has 2 aromatic rings. The third-order valence-corrected chi connectivity index (χ3v) is 2.84. The van der Waals surface area contributed by atoms with Gasteiger partial charge in [0, 0.05) is 10.5 Å². The number of aromatic nitrogens is 2. The zero-order valence-corrected chi connectivity index (χ0v) is 10.4. The van der Waals surface area contributed by atoms with E-state index in [1.807, 2.05) is 12.1 Å². The fourth-order valence-corrected chi connectivity index (χ4v) is 2.00. The number of halogens is 3. The normalized spacial score (nSPS) is 11.0. The average molecular weight is 305 g/mol. The molecule has 0 radical (unpaired) electrons. The largest absolute Gasteiger partial charge is 0.291 e. The van der Waals surface area contributed by atoms with Crippen molar-refractivity contribution in [1.29, 1.82) is 0 Å². The maximum absolute atomic E-state index is 12.5. The van der Waals surface area contributed by atoms with Gasteiger partial charge in [-0.15, -0.1) is 0 Å². The highest BCUT2D eigenvalue weighted by Gasteiger charge is 2.11. The number of nitrogens with zero attached hydrogens (tertiary/aromatic N) is 1. The molecule has 1 heterocycles. The summed E-state index contributed by atoms with van der Waals surface area (Å²) in [6, 6.07) is 8.50. The van der Waals surface area contributed by atoms with Crippen molar-refractivity contribution in [3.05, 3.63) is 45.1 Å². The van der Waals surface area contributed by atoms with Gasteiger partial charge in [0.15, 0.2) is 0 Å². The minimum Gasteiger partial charge on any atom is -0.291 e. The topological polar surface area (TPSA) is 20.7 Å². The van der Waals surface area contributed by atoms with Crippen molar-refractivity contribution in [3.63, 3.8) is 0 Å². The highest BCUT2D eigenvalue weighted by Crippen LogP contribution is 2.20. The molecule has 1 N–H and O–H groups in total. The molecule has 1 aromatic heterocycles. The molecule has 0 saturated heterocycles. The monoisotopic (exact) mass is 304 g/mol. The molecule has 0 spiro atoms. The Labute approximate surface area is 104 Å². The maximum atomic E-state index is 12.5. The molecule has 16 heavy (non-hydrogen) atoms. The summed E-state index contributed by atoms with van der Waals surface area (Å²) in [5, 5.41) is 2.57. The lowest BCUT2D eigenvalue weighted by Gasteiger charge is -2.03. The predicted octanol–water partition coefficient (Wildman–Crippen LogP) is 4.23. The summed E-state index contributed by atoms with van der Waals surface area (Å²) in [7, 11) is 0. The molecular formula is C10H7BrF2N2S. The molecule has 6 heteroatoms. The second kappa shape index (κ2) is 4.47. The van der Waals surface area contributed by atoms with E-state index < -0.39 is 6.43 Å². The molecule has 0 atom stereocenters. The Bertz CT molecular complexity index is 562. The minimum absolute atomic E-state index is 0.176. The molecule has 0 fully saturated rings. The van der Waals surface area contributed by atoms with E-state index in [9.17, 15) is 8.78 Å². The van der Waals surface area contributed by atoms with Crippen molar-refractivity contribution < 1.29 is 8.78 Å². The zero-order chi connectivity index (χ0) is 11.7. The first-order valence-corrected chi connectivity index (χ1v) is 5.64. The molecule has 0 bridgehead atoms. The summed E-state index contributed by atoms with van der Waals surface area (Å²) < 4.78 is 27.5. The number of aromatic amines is 1. The van der Waals surface area contributed by atoms with Crippen LogP contribution in [-0.4, -0.2) is 9.78 Å². The molecular weight excluding hydrogens is 298 g/mol. The van der Waals surface area contributed by atoms with E-state index in [-0.39, 0.29) is 5.69 Å². The van der Waals surface area contributed by atoms with Gasteiger partial charge in [-0.05, 0) is 18.2 Å². The molecule has 0 unspecified atom stereocenters. The second-order valence-electron chi connectivity index (χ2n) is 3.17. The number of hydrogen-bond donors (Lipinski definition) is 1. The fourth-order valence-electron chi connectivity index (χ4n) is 1.33. The van der Waals surface area contributed by atoms with E-state index >= 15 is 0 Å². The van der Waals surface area contributed by atoms with Crippen LogP contribution in [0.25, 0.3) is 5.69 Å². The average Bonchev–Trinajstić information content (AvgIpc) is 2.60. The lowest BCUT2D eigenvalue weighted by atomic mass is 10.3. The summed E-state index contributed by atoms with van der Waals surface area (Å²) >= 11 is 8.31. The summed E-state index contributed by atoms with van der Waals surface area (Å²) in [5.41, 5.74) is 0.538. The first kappa shape index (κ1) is 11.5. The van der Waals surface area contributed by atoms with E-state index in [0.717, 1.165) is 4.47 Å². The SMILES string of the molecule is FC(F)c1cc(=S)n(-c2cccc(Br)c2)[nH]1. The standard InChI is InChI=1S/C10H7BrF2N2S/c11-6-2-1-3-7(4-6)15-9(16)5-8(14-15)10(12)13/h1-5,10,14H. The van der Waals surface area contributed by atoms with Gasteiger partial charge in [-0.3, -0.25) is 5.10 Å². The summed E-state index contributed by atoms with van der Waals surface area (Å²) in [6.45, 7) is 0. The van der Waals surface area contributed by atoms with Crippen LogP contribution >= 0.6 is 28.1 Å². The van der Waals surface area contributed by atoms with Gasteiger partial charge >= 0.3 is 0 Å². The predicted molar refractivity (Wildman–Crippen MR) is 63.6 cm³/mol. The Morgan fingerprint density at radius 3 is 2.62 bits per heavy atom. The van der Waals surface area contributed by atoms with E-state index in [1.165, 1.54) is 10.7 Å². The molecule has 0 aliphatic heterocycles. The summed E-state index contributed by atoms with van der Waals surface area (Å²) in [6.07, 6.45) is -2.55. The third kappa shape index (κ3) is 2.22. The van der Waals surface area contributed by atoms with Gasteiger partial charge in [-0.1, -0.05) is 34.2 Å². The van der Waals surface area contributed by atoms with Crippen molar-refractivity contribution in [2.24, 2.45) is 0 Å². The van der Waals surface area contributed by atoms with Crippen molar-refractivity contribution in [1.82, 2.24) is 9.78 Å². The van der Waals surface area contributed by atoms with Crippen LogP contribution < -0.4 is 0 Å². The third-order valence-electron chi connectivity index (χ3n) is 2.04. The highest BCUT2D eigenvalue weighted by molar-refractivity contribution is 9.10. The minimum atomic E-state index is -2.55. The molecule has 84 valence electrons. The van der Waals surface area contributed by atoms with Crippen LogP contribution in [0.5, 0.6) is 0 Å². The van der Waals surface area contributed by atoms with Crippen LogP contribution in [0.4, 0.5) is 8.78 Å². The number of alkyl halides is 2.